The van der Waals surface area contributed by atoms with Gasteiger partial charge >= 0.3 is 0 Å². The summed E-state index contributed by atoms with van der Waals surface area (Å²) in [5, 5.41) is 7.56. The zero-order chi connectivity index (χ0) is 23.5. The van der Waals surface area contributed by atoms with Gasteiger partial charge in [0, 0.05) is 30.4 Å². The number of nitrogens with one attached hydrogen (secondary N) is 1. The zero-order valence-corrected chi connectivity index (χ0v) is 19.2. The minimum atomic E-state index is -0.232. The number of carbonyl (C=O) groups excluding carboxylic acids is 1. The van der Waals surface area contributed by atoms with Crippen molar-refractivity contribution in [3.63, 3.8) is 0 Å². The van der Waals surface area contributed by atoms with Crippen LogP contribution in [0.25, 0.3) is 10.5 Å². The summed E-state index contributed by atoms with van der Waals surface area (Å²) in [4.78, 5) is 21.1. The molecule has 1 N–H and O–H groups in total. The molecule has 0 saturated heterocycles. The number of hydrogen-bond acceptors (Lipinski definition) is 3. The quantitative estimate of drug-likeness (QED) is 0.393. The van der Waals surface area contributed by atoms with Crippen molar-refractivity contribution in [1.29, 1.82) is 0 Å². The van der Waals surface area contributed by atoms with Gasteiger partial charge in [-0.15, -0.1) is 0 Å². The Morgan fingerprint density at radius 3 is 2.82 bits per heavy atom. The van der Waals surface area contributed by atoms with Crippen LogP contribution < -0.4 is 5.32 Å². The summed E-state index contributed by atoms with van der Waals surface area (Å²) in [7, 11) is 0. The molecule has 1 aliphatic carbocycles. The Kier molecular flexibility index (Phi) is 6.09. The molecule has 0 spiro atoms. The van der Waals surface area contributed by atoms with Crippen molar-refractivity contribution >= 4 is 23.5 Å². The number of benzene rings is 2. The van der Waals surface area contributed by atoms with E-state index in [1.54, 1.807) is 28.9 Å². The van der Waals surface area contributed by atoms with Crippen LogP contribution >= 0.6 is 0 Å². The van der Waals surface area contributed by atoms with Crippen LogP contribution in [0.4, 0.5) is 11.4 Å². The molecule has 1 atom stereocenters. The Morgan fingerprint density at radius 1 is 1.21 bits per heavy atom. The number of aromatic nitrogens is 2. The Bertz CT molecular complexity index is 1320. The van der Waals surface area contributed by atoms with Crippen molar-refractivity contribution in [2.75, 3.05) is 5.32 Å². The highest BCUT2D eigenvalue weighted by molar-refractivity contribution is 6.03. The molecule has 5 rings (SSSR count). The first-order chi connectivity index (χ1) is 16.6. The topological polar surface area (TPSA) is 63.6 Å². The SMILES string of the molecule is [C-]#[N+]c1cccc(-n2nc(C)cc2C(=O)Nc2cccc(C(CCC3CC3)C3=CN=CC3)c2)c1. The molecular weight excluding hydrogens is 422 g/mol. The molecule has 1 saturated carbocycles. The van der Waals surface area contributed by atoms with Gasteiger partial charge in [0.1, 0.15) is 5.69 Å². The van der Waals surface area contributed by atoms with Gasteiger partial charge in [0.2, 0.25) is 0 Å². The highest BCUT2D eigenvalue weighted by Crippen LogP contribution is 2.40. The monoisotopic (exact) mass is 449 g/mol. The molecule has 3 aromatic rings. The van der Waals surface area contributed by atoms with Gasteiger partial charge < -0.3 is 5.32 Å². The number of aliphatic imine (C=N–C) groups is 1. The van der Waals surface area contributed by atoms with Gasteiger partial charge in [0.05, 0.1) is 18.0 Å². The van der Waals surface area contributed by atoms with Gasteiger partial charge in [0.25, 0.3) is 5.91 Å². The van der Waals surface area contributed by atoms with E-state index in [9.17, 15) is 4.79 Å². The molecule has 1 aliphatic heterocycles. The third-order valence-electron chi connectivity index (χ3n) is 6.50. The summed E-state index contributed by atoms with van der Waals surface area (Å²) >= 11 is 0. The van der Waals surface area contributed by atoms with E-state index in [4.69, 9.17) is 6.57 Å². The van der Waals surface area contributed by atoms with Gasteiger partial charge in [-0.1, -0.05) is 37.1 Å². The summed E-state index contributed by atoms with van der Waals surface area (Å²) < 4.78 is 1.60. The lowest BCUT2D eigenvalue weighted by Gasteiger charge is -2.19. The molecular formula is C28H27N5O. The molecule has 2 heterocycles. The van der Waals surface area contributed by atoms with Crippen LogP contribution in [0.5, 0.6) is 0 Å². The van der Waals surface area contributed by atoms with Crippen molar-refractivity contribution in [2.45, 2.75) is 44.9 Å². The summed E-state index contributed by atoms with van der Waals surface area (Å²) in [6, 6.07) is 17.1. The molecule has 2 aromatic carbocycles. The van der Waals surface area contributed by atoms with Gasteiger partial charge in [-0.05, 0) is 67.2 Å². The fourth-order valence-electron chi connectivity index (χ4n) is 4.55. The maximum absolute atomic E-state index is 13.3. The van der Waals surface area contributed by atoms with E-state index in [2.05, 4.69) is 32.4 Å². The number of nitrogens with zero attached hydrogens (tertiary/aromatic N) is 4. The standard InChI is InChI=1S/C28H27N5O/c1-19-15-27(33(32-19)25-8-4-6-23(17-25)29-2)28(34)31-24-7-3-5-21(16-24)26(12-11-20-9-10-20)22-13-14-30-18-22/h3-8,14-18,20,26H,9-13H2,1H3,(H,31,34). The molecule has 2 aliphatic rings. The molecule has 0 bridgehead atoms. The second-order valence-electron chi connectivity index (χ2n) is 9.11. The van der Waals surface area contributed by atoms with E-state index >= 15 is 0 Å². The predicted octanol–water partition coefficient (Wildman–Crippen LogP) is 6.62. The lowest BCUT2D eigenvalue weighted by atomic mass is 9.86. The molecule has 6 nitrogen and oxygen atoms in total. The molecule has 1 fully saturated rings. The van der Waals surface area contributed by atoms with Crippen molar-refractivity contribution < 1.29 is 4.79 Å². The second-order valence-corrected chi connectivity index (χ2v) is 9.11. The third kappa shape index (κ3) is 4.84. The number of anilines is 1. The number of rotatable bonds is 8. The fourth-order valence-corrected chi connectivity index (χ4v) is 4.55. The van der Waals surface area contributed by atoms with Gasteiger partial charge in [0.15, 0.2) is 5.69 Å². The van der Waals surface area contributed by atoms with E-state index in [0.717, 1.165) is 30.1 Å². The molecule has 0 radical (unpaired) electrons. The van der Waals surface area contributed by atoms with Crippen molar-refractivity contribution in [1.82, 2.24) is 9.78 Å². The van der Waals surface area contributed by atoms with E-state index in [1.807, 2.05) is 37.5 Å². The number of amides is 1. The summed E-state index contributed by atoms with van der Waals surface area (Å²) in [6.45, 7) is 9.13. The maximum Gasteiger partial charge on any atom is 0.274 e. The van der Waals surface area contributed by atoms with Crippen molar-refractivity contribution in [3.05, 3.63) is 94.7 Å². The Hall–Kier alpha value is -3.98. The first kappa shape index (κ1) is 21.8. The highest BCUT2D eigenvalue weighted by atomic mass is 16.2. The molecule has 170 valence electrons. The van der Waals surface area contributed by atoms with Crippen LogP contribution in [0.3, 0.4) is 0 Å². The van der Waals surface area contributed by atoms with Crippen LogP contribution in [0.15, 0.2) is 71.4 Å². The average Bonchev–Trinajstić information content (AvgIpc) is 3.35. The summed E-state index contributed by atoms with van der Waals surface area (Å²) in [6.07, 6.45) is 9.92. The smallest absolute Gasteiger partial charge is 0.274 e. The Labute approximate surface area is 199 Å². The number of allylic oxidation sites excluding steroid dienone is 1. The summed E-state index contributed by atoms with van der Waals surface area (Å²) in [5.41, 5.74) is 5.68. The number of aryl methyl sites for hydroxylation is 1. The third-order valence-corrected chi connectivity index (χ3v) is 6.50. The Morgan fingerprint density at radius 2 is 2.06 bits per heavy atom. The number of hydrogen-bond donors (Lipinski definition) is 1. The Balaban J connectivity index is 1.38. The fraction of sp³-hybridized carbons (Fsp3) is 0.286. The minimum Gasteiger partial charge on any atom is -0.321 e. The zero-order valence-electron chi connectivity index (χ0n) is 19.2. The lowest BCUT2D eigenvalue weighted by molar-refractivity contribution is 0.101. The van der Waals surface area contributed by atoms with Crippen LogP contribution in [-0.4, -0.2) is 21.9 Å². The van der Waals surface area contributed by atoms with E-state index in [0.29, 0.717) is 23.0 Å². The predicted molar refractivity (Wildman–Crippen MR) is 135 cm³/mol. The van der Waals surface area contributed by atoms with E-state index in [-0.39, 0.29) is 5.91 Å². The van der Waals surface area contributed by atoms with Crippen molar-refractivity contribution in [2.24, 2.45) is 10.9 Å². The summed E-state index contributed by atoms with van der Waals surface area (Å²) in [5.74, 6) is 0.964. The van der Waals surface area contributed by atoms with Crippen LogP contribution in [0, 0.1) is 19.4 Å². The van der Waals surface area contributed by atoms with Crippen LogP contribution in [0.1, 0.15) is 59.8 Å². The first-order valence-electron chi connectivity index (χ1n) is 11.8. The largest absolute Gasteiger partial charge is 0.321 e. The molecule has 1 aromatic heterocycles. The average molecular weight is 450 g/mol. The van der Waals surface area contributed by atoms with Crippen LogP contribution in [-0.2, 0) is 0 Å². The van der Waals surface area contributed by atoms with Crippen molar-refractivity contribution in [3.8, 4) is 5.69 Å². The second kappa shape index (κ2) is 9.48. The molecule has 1 unspecified atom stereocenters. The molecule has 34 heavy (non-hydrogen) atoms. The molecule has 1 amide bonds. The first-order valence-corrected chi connectivity index (χ1v) is 11.8. The van der Waals surface area contributed by atoms with E-state index in [1.165, 1.54) is 30.4 Å². The normalized spacial score (nSPS) is 15.6. The van der Waals surface area contributed by atoms with Gasteiger partial charge in [-0.3, -0.25) is 9.79 Å². The van der Waals surface area contributed by atoms with Gasteiger partial charge in [-0.25, -0.2) is 9.53 Å². The van der Waals surface area contributed by atoms with E-state index < -0.39 is 0 Å². The van der Waals surface area contributed by atoms with Gasteiger partial charge in [-0.2, -0.15) is 5.10 Å². The minimum absolute atomic E-state index is 0.232. The highest BCUT2D eigenvalue weighted by Gasteiger charge is 2.25. The van der Waals surface area contributed by atoms with Crippen LogP contribution in [0.2, 0.25) is 0 Å². The maximum atomic E-state index is 13.3. The molecule has 6 heteroatoms. The lowest BCUT2D eigenvalue weighted by Crippen LogP contribution is -2.17. The number of carbonyl (C=O) groups is 1.